The lowest BCUT2D eigenvalue weighted by atomic mass is 10.1. The highest BCUT2D eigenvalue weighted by molar-refractivity contribution is 7.89. The molecule has 0 aromatic carbocycles. The summed E-state index contributed by atoms with van der Waals surface area (Å²) in [6, 6.07) is 3.00. The Morgan fingerprint density at radius 1 is 1.50 bits per heavy atom. The maximum absolute atomic E-state index is 12.1. The molecule has 0 aliphatic heterocycles. The Hall–Kier alpha value is -1.05. The number of hydrogen-bond acceptors (Lipinski definition) is 4. The first-order valence-corrected chi connectivity index (χ1v) is 8.53. The third-order valence-electron chi connectivity index (χ3n) is 3.66. The molecule has 110 valence electrons. The van der Waals surface area contributed by atoms with E-state index in [-0.39, 0.29) is 9.88 Å². The molecular formula is C13H19N3O2S2. The lowest BCUT2D eigenvalue weighted by Crippen LogP contribution is -2.28. The van der Waals surface area contributed by atoms with Crippen molar-refractivity contribution in [2.45, 2.75) is 31.1 Å². The monoisotopic (exact) mass is 313 g/mol. The average Bonchev–Trinajstić information content (AvgIpc) is 2.82. The van der Waals surface area contributed by atoms with Gasteiger partial charge in [0, 0.05) is 12.7 Å². The lowest BCUT2D eigenvalue weighted by Gasteiger charge is -2.11. The van der Waals surface area contributed by atoms with Crippen LogP contribution >= 0.6 is 12.2 Å². The third kappa shape index (κ3) is 3.74. The van der Waals surface area contributed by atoms with E-state index in [1.807, 2.05) is 0 Å². The molecule has 1 aliphatic rings. The van der Waals surface area contributed by atoms with Crippen LogP contribution in [-0.2, 0) is 10.0 Å². The molecule has 0 bridgehead atoms. The minimum atomic E-state index is -3.50. The molecular weight excluding hydrogens is 294 g/mol. The van der Waals surface area contributed by atoms with Crippen LogP contribution in [0.25, 0.3) is 0 Å². The molecule has 3 N–H and O–H groups in total. The van der Waals surface area contributed by atoms with Gasteiger partial charge in [0.2, 0.25) is 10.0 Å². The molecule has 20 heavy (non-hydrogen) atoms. The van der Waals surface area contributed by atoms with Crippen molar-refractivity contribution in [1.82, 2.24) is 9.71 Å². The van der Waals surface area contributed by atoms with Crippen molar-refractivity contribution in [2.24, 2.45) is 17.6 Å². The Bertz CT molecular complexity index is 584. The average molecular weight is 313 g/mol. The number of thiocarbonyl (C=S) groups is 1. The first-order valence-electron chi connectivity index (χ1n) is 6.64. The molecule has 1 saturated carbocycles. The van der Waals surface area contributed by atoms with Crippen LogP contribution in [-0.4, -0.2) is 24.9 Å². The normalized spacial score (nSPS) is 22.9. The van der Waals surface area contributed by atoms with Crippen LogP contribution in [0.2, 0.25) is 0 Å². The number of pyridine rings is 1. The summed E-state index contributed by atoms with van der Waals surface area (Å²) in [7, 11) is -3.50. The highest BCUT2D eigenvalue weighted by Gasteiger charge is 2.23. The number of aromatic nitrogens is 1. The van der Waals surface area contributed by atoms with Gasteiger partial charge in [-0.3, -0.25) is 4.98 Å². The summed E-state index contributed by atoms with van der Waals surface area (Å²) in [4.78, 5) is 4.25. The summed E-state index contributed by atoms with van der Waals surface area (Å²) < 4.78 is 26.9. The molecule has 0 saturated heterocycles. The first kappa shape index (κ1) is 15.3. The van der Waals surface area contributed by atoms with E-state index in [1.54, 1.807) is 0 Å². The van der Waals surface area contributed by atoms with Crippen molar-refractivity contribution in [1.29, 1.82) is 0 Å². The fourth-order valence-corrected chi connectivity index (χ4v) is 3.69. The summed E-state index contributed by atoms with van der Waals surface area (Å²) in [5.74, 6) is 1.12. The zero-order chi connectivity index (χ0) is 14.8. The largest absolute Gasteiger partial charge is 0.388 e. The minimum Gasteiger partial charge on any atom is -0.388 e. The van der Waals surface area contributed by atoms with Gasteiger partial charge in [-0.15, -0.1) is 0 Å². The number of sulfonamides is 1. The fraction of sp³-hybridized carbons (Fsp3) is 0.538. The van der Waals surface area contributed by atoms with Gasteiger partial charge in [0.05, 0.1) is 5.69 Å². The Morgan fingerprint density at radius 2 is 2.25 bits per heavy atom. The van der Waals surface area contributed by atoms with Gasteiger partial charge in [-0.05, 0) is 36.8 Å². The van der Waals surface area contributed by atoms with Crippen molar-refractivity contribution in [3.63, 3.8) is 0 Å². The highest BCUT2D eigenvalue weighted by atomic mass is 32.2. The number of nitrogens with one attached hydrogen (secondary N) is 1. The molecule has 5 nitrogen and oxygen atoms in total. The second-order valence-electron chi connectivity index (χ2n) is 5.38. The summed E-state index contributed by atoms with van der Waals surface area (Å²) in [5, 5.41) is 0. The fourth-order valence-electron chi connectivity index (χ4n) is 2.51. The molecule has 0 spiro atoms. The van der Waals surface area contributed by atoms with Crippen molar-refractivity contribution in [3.05, 3.63) is 24.0 Å². The zero-order valence-electron chi connectivity index (χ0n) is 11.4. The van der Waals surface area contributed by atoms with Gasteiger partial charge in [0.25, 0.3) is 0 Å². The van der Waals surface area contributed by atoms with Gasteiger partial charge in [-0.2, -0.15) is 0 Å². The third-order valence-corrected chi connectivity index (χ3v) is 5.28. The zero-order valence-corrected chi connectivity index (χ0v) is 13.0. The Balaban J connectivity index is 2.00. The van der Waals surface area contributed by atoms with Crippen LogP contribution in [0.4, 0.5) is 0 Å². The van der Waals surface area contributed by atoms with E-state index in [4.69, 9.17) is 18.0 Å². The van der Waals surface area contributed by atoms with Crippen LogP contribution in [0.15, 0.2) is 23.2 Å². The van der Waals surface area contributed by atoms with E-state index in [1.165, 1.54) is 24.8 Å². The molecule has 1 aromatic rings. The van der Waals surface area contributed by atoms with E-state index >= 15 is 0 Å². The Kier molecular flexibility index (Phi) is 4.72. The van der Waals surface area contributed by atoms with E-state index in [0.717, 1.165) is 12.8 Å². The highest BCUT2D eigenvalue weighted by Crippen LogP contribution is 2.29. The van der Waals surface area contributed by atoms with Crippen molar-refractivity contribution in [2.75, 3.05) is 6.54 Å². The predicted octanol–water partition coefficient (Wildman–Crippen LogP) is 1.43. The lowest BCUT2D eigenvalue weighted by molar-refractivity contribution is 0.498. The molecule has 1 aliphatic carbocycles. The molecule has 2 atom stereocenters. The van der Waals surface area contributed by atoms with Crippen LogP contribution in [0.1, 0.15) is 31.9 Å². The summed E-state index contributed by atoms with van der Waals surface area (Å²) >= 11 is 4.78. The Labute approximate surface area is 125 Å². The number of nitrogens with two attached hydrogens (primary N) is 1. The quantitative estimate of drug-likeness (QED) is 0.803. The number of nitrogens with zero attached hydrogens (tertiary/aromatic N) is 1. The second kappa shape index (κ2) is 6.15. The van der Waals surface area contributed by atoms with Crippen molar-refractivity contribution >= 4 is 27.2 Å². The topological polar surface area (TPSA) is 85.1 Å². The van der Waals surface area contributed by atoms with Crippen molar-refractivity contribution in [3.8, 4) is 0 Å². The van der Waals surface area contributed by atoms with Crippen LogP contribution in [0.5, 0.6) is 0 Å². The minimum absolute atomic E-state index is 0.142. The Morgan fingerprint density at radius 3 is 2.75 bits per heavy atom. The molecule has 1 heterocycles. The van der Waals surface area contributed by atoms with E-state index in [2.05, 4.69) is 16.6 Å². The SMILES string of the molecule is CC1CCC(CNS(=O)(=O)c2ccc(C(N)=S)nc2)C1. The second-order valence-corrected chi connectivity index (χ2v) is 7.59. The summed E-state index contributed by atoms with van der Waals surface area (Å²) in [5.41, 5.74) is 5.85. The van der Waals surface area contributed by atoms with Gasteiger partial charge in [0.1, 0.15) is 9.88 Å². The molecule has 0 radical (unpaired) electrons. The van der Waals surface area contributed by atoms with Gasteiger partial charge in [-0.1, -0.05) is 25.6 Å². The maximum atomic E-state index is 12.1. The van der Waals surface area contributed by atoms with Crippen LogP contribution in [0.3, 0.4) is 0 Å². The van der Waals surface area contributed by atoms with Crippen LogP contribution < -0.4 is 10.5 Å². The molecule has 7 heteroatoms. The number of rotatable bonds is 5. The maximum Gasteiger partial charge on any atom is 0.242 e. The molecule has 0 amide bonds. The van der Waals surface area contributed by atoms with E-state index < -0.39 is 10.0 Å². The molecule has 1 aromatic heterocycles. The number of hydrogen-bond donors (Lipinski definition) is 2. The van der Waals surface area contributed by atoms with Gasteiger partial charge < -0.3 is 5.73 Å². The van der Waals surface area contributed by atoms with E-state index in [0.29, 0.717) is 24.1 Å². The predicted molar refractivity (Wildman–Crippen MR) is 81.8 cm³/mol. The van der Waals surface area contributed by atoms with Gasteiger partial charge in [0.15, 0.2) is 0 Å². The van der Waals surface area contributed by atoms with Crippen molar-refractivity contribution < 1.29 is 8.42 Å². The first-order chi connectivity index (χ1) is 9.38. The van der Waals surface area contributed by atoms with Crippen LogP contribution in [0, 0.1) is 11.8 Å². The standard InChI is InChI=1S/C13H19N3O2S2/c1-9-2-3-10(6-9)7-16-20(17,18)11-4-5-12(13(14)19)15-8-11/h4-5,8-10,16H,2-3,6-7H2,1H3,(H2,14,19). The summed E-state index contributed by atoms with van der Waals surface area (Å²) in [6.07, 6.45) is 4.63. The molecule has 2 unspecified atom stereocenters. The van der Waals surface area contributed by atoms with Gasteiger partial charge in [-0.25, -0.2) is 13.1 Å². The van der Waals surface area contributed by atoms with Gasteiger partial charge >= 0.3 is 0 Å². The molecule has 2 rings (SSSR count). The summed E-state index contributed by atoms with van der Waals surface area (Å²) in [6.45, 7) is 2.69. The molecule has 1 fully saturated rings. The van der Waals surface area contributed by atoms with E-state index in [9.17, 15) is 8.42 Å². The smallest absolute Gasteiger partial charge is 0.242 e.